The van der Waals surface area contributed by atoms with Gasteiger partial charge in [0, 0.05) is 19.7 Å². The lowest BCUT2D eigenvalue weighted by Crippen LogP contribution is -2.46. The molecule has 17 heavy (non-hydrogen) atoms. The molecule has 0 aromatic heterocycles. The number of aliphatic imine (C=N–C) groups is 1. The van der Waals surface area contributed by atoms with Crippen molar-refractivity contribution >= 4 is 11.5 Å². The molecule has 2 aliphatic heterocycles. The Kier molecular flexibility index (Phi) is 2.39. The number of fused-ring (bicyclic) bond motifs is 1. The Morgan fingerprint density at radius 1 is 1.53 bits per heavy atom. The van der Waals surface area contributed by atoms with Crippen LogP contribution in [0.15, 0.2) is 23.2 Å². The molecule has 4 nitrogen and oxygen atoms in total. The van der Waals surface area contributed by atoms with Crippen molar-refractivity contribution in [1.29, 1.82) is 0 Å². The van der Waals surface area contributed by atoms with Gasteiger partial charge in [0.1, 0.15) is 17.4 Å². The van der Waals surface area contributed by atoms with E-state index in [0.717, 1.165) is 24.6 Å². The zero-order chi connectivity index (χ0) is 11.8. The highest BCUT2D eigenvalue weighted by Crippen LogP contribution is 2.33. The van der Waals surface area contributed by atoms with E-state index in [1.54, 1.807) is 6.07 Å². The molecule has 0 saturated carbocycles. The van der Waals surface area contributed by atoms with Crippen LogP contribution in [-0.4, -0.2) is 38.6 Å². The van der Waals surface area contributed by atoms with Crippen LogP contribution in [0.4, 0.5) is 10.1 Å². The van der Waals surface area contributed by atoms with Gasteiger partial charge in [0.05, 0.1) is 18.8 Å². The molecule has 2 heterocycles. The molecule has 0 amide bonds. The zero-order valence-electron chi connectivity index (χ0n) is 9.61. The van der Waals surface area contributed by atoms with E-state index < -0.39 is 0 Å². The maximum absolute atomic E-state index is 13.1. The van der Waals surface area contributed by atoms with E-state index in [4.69, 9.17) is 4.74 Å². The minimum Gasteiger partial charge on any atom is -0.478 e. The number of nitrogens with one attached hydrogen (secondary N) is 1. The SMILES string of the molecule is CN1C[C@H](C2=NCCN2)Oc2ccc(F)cc21. The predicted octanol–water partition coefficient (Wildman–Crippen LogP) is 1.02. The highest BCUT2D eigenvalue weighted by molar-refractivity contribution is 5.89. The number of ether oxygens (including phenoxy) is 1. The van der Waals surface area contributed by atoms with E-state index in [1.165, 1.54) is 12.1 Å². The summed E-state index contributed by atoms with van der Waals surface area (Å²) in [6, 6.07) is 4.58. The molecule has 1 aromatic rings. The van der Waals surface area contributed by atoms with Crippen molar-refractivity contribution in [2.24, 2.45) is 4.99 Å². The molecule has 90 valence electrons. The molecule has 0 spiro atoms. The van der Waals surface area contributed by atoms with Gasteiger partial charge in [0.25, 0.3) is 0 Å². The average Bonchev–Trinajstić information content (AvgIpc) is 2.83. The maximum Gasteiger partial charge on any atom is 0.173 e. The third-order valence-corrected chi connectivity index (χ3v) is 3.05. The number of halogens is 1. The maximum atomic E-state index is 13.1. The summed E-state index contributed by atoms with van der Waals surface area (Å²) in [6.07, 6.45) is -0.0829. The van der Waals surface area contributed by atoms with Crippen LogP contribution in [0.3, 0.4) is 0 Å². The van der Waals surface area contributed by atoms with Gasteiger partial charge in [-0.3, -0.25) is 4.99 Å². The second kappa shape index (κ2) is 3.91. The lowest BCUT2D eigenvalue weighted by Gasteiger charge is -2.33. The van der Waals surface area contributed by atoms with Crippen molar-refractivity contribution in [2.45, 2.75) is 6.10 Å². The summed E-state index contributed by atoms with van der Waals surface area (Å²) in [5.41, 5.74) is 0.792. The topological polar surface area (TPSA) is 36.9 Å². The van der Waals surface area contributed by atoms with E-state index in [0.29, 0.717) is 12.3 Å². The first-order valence-corrected chi connectivity index (χ1v) is 5.69. The molecule has 0 fully saturated rings. The van der Waals surface area contributed by atoms with E-state index >= 15 is 0 Å². The second-order valence-corrected chi connectivity index (χ2v) is 4.29. The quantitative estimate of drug-likeness (QED) is 0.789. The summed E-state index contributed by atoms with van der Waals surface area (Å²) in [4.78, 5) is 6.36. The number of rotatable bonds is 1. The normalized spacial score (nSPS) is 22.6. The van der Waals surface area contributed by atoms with E-state index in [2.05, 4.69) is 10.3 Å². The standard InChI is InChI=1S/C12H14FN3O/c1-16-7-11(12-14-4-5-15-12)17-10-3-2-8(13)6-9(10)16/h2-3,6,11H,4-5,7H2,1H3,(H,14,15)/t11-/m1/s1. The third kappa shape index (κ3) is 1.81. The molecule has 1 aromatic carbocycles. The summed E-state index contributed by atoms with van der Waals surface area (Å²) in [6.45, 7) is 2.35. The Morgan fingerprint density at radius 3 is 3.18 bits per heavy atom. The Morgan fingerprint density at radius 2 is 2.41 bits per heavy atom. The van der Waals surface area contributed by atoms with Gasteiger partial charge in [-0.1, -0.05) is 0 Å². The molecule has 0 unspecified atom stereocenters. The minimum atomic E-state index is -0.242. The molecule has 1 atom stereocenters. The van der Waals surface area contributed by atoms with Crippen LogP contribution in [0.5, 0.6) is 5.75 Å². The lowest BCUT2D eigenvalue weighted by molar-refractivity contribution is 0.255. The molecular weight excluding hydrogens is 221 g/mol. The molecule has 0 aliphatic carbocycles. The number of anilines is 1. The fourth-order valence-electron chi connectivity index (χ4n) is 2.20. The number of hydrogen-bond acceptors (Lipinski definition) is 4. The van der Waals surface area contributed by atoms with Crippen molar-refractivity contribution in [3.63, 3.8) is 0 Å². The van der Waals surface area contributed by atoms with Gasteiger partial charge in [-0.05, 0) is 12.1 Å². The van der Waals surface area contributed by atoms with Crippen molar-refractivity contribution in [3.05, 3.63) is 24.0 Å². The highest BCUT2D eigenvalue weighted by Gasteiger charge is 2.28. The zero-order valence-corrected chi connectivity index (χ0v) is 9.61. The first-order chi connectivity index (χ1) is 8.24. The molecule has 0 bridgehead atoms. The van der Waals surface area contributed by atoms with Crippen LogP contribution >= 0.6 is 0 Å². The number of benzene rings is 1. The highest BCUT2D eigenvalue weighted by atomic mass is 19.1. The first-order valence-electron chi connectivity index (χ1n) is 5.69. The van der Waals surface area contributed by atoms with Gasteiger partial charge >= 0.3 is 0 Å². The van der Waals surface area contributed by atoms with Crippen LogP contribution in [0.2, 0.25) is 0 Å². The smallest absolute Gasteiger partial charge is 0.173 e. The Hall–Kier alpha value is -1.78. The first kappa shape index (κ1) is 10.4. The fraction of sp³-hybridized carbons (Fsp3) is 0.417. The number of hydrogen-bond donors (Lipinski definition) is 1. The second-order valence-electron chi connectivity index (χ2n) is 4.29. The largest absolute Gasteiger partial charge is 0.478 e. The molecule has 3 rings (SSSR count). The van der Waals surface area contributed by atoms with Crippen LogP contribution < -0.4 is 15.0 Å². The molecule has 0 radical (unpaired) electrons. The molecular formula is C12H14FN3O. The van der Waals surface area contributed by atoms with Crippen molar-refractivity contribution in [2.75, 3.05) is 31.6 Å². The third-order valence-electron chi connectivity index (χ3n) is 3.05. The van der Waals surface area contributed by atoms with Gasteiger partial charge in [0.2, 0.25) is 0 Å². The summed E-state index contributed by atoms with van der Waals surface area (Å²) in [7, 11) is 1.93. The van der Waals surface area contributed by atoms with Gasteiger partial charge in [-0.25, -0.2) is 4.39 Å². The Bertz CT molecular complexity index is 475. The fourth-order valence-corrected chi connectivity index (χ4v) is 2.20. The van der Waals surface area contributed by atoms with Crippen LogP contribution in [-0.2, 0) is 0 Å². The van der Waals surface area contributed by atoms with E-state index in [1.807, 2.05) is 11.9 Å². The summed E-state index contributed by atoms with van der Waals surface area (Å²) < 4.78 is 19.0. The van der Waals surface area contributed by atoms with Gasteiger partial charge in [0.15, 0.2) is 6.10 Å². The van der Waals surface area contributed by atoms with Crippen molar-refractivity contribution in [1.82, 2.24) is 5.32 Å². The lowest BCUT2D eigenvalue weighted by atomic mass is 10.2. The number of amidine groups is 1. The van der Waals surface area contributed by atoms with E-state index in [9.17, 15) is 4.39 Å². The summed E-state index contributed by atoms with van der Waals surface area (Å²) >= 11 is 0. The molecule has 0 saturated heterocycles. The molecule has 2 aliphatic rings. The summed E-state index contributed by atoms with van der Waals surface area (Å²) in [5.74, 6) is 1.36. The predicted molar refractivity (Wildman–Crippen MR) is 64.4 cm³/mol. The van der Waals surface area contributed by atoms with Gasteiger partial charge in [-0.2, -0.15) is 0 Å². The Labute approximate surface area is 99.1 Å². The van der Waals surface area contributed by atoms with E-state index in [-0.39, 0.29) is 11.9 Å². The number of likely N-dealkylation sites (N-methyl/N-ethyl adjacent to an activating group) is 1. The van der Waals surface area contributed by atoms with Crippen LogP contribution in [0.1, 0.15) is 0 Å². The number of nitrogens with zero attached hydrogens (tertiary/aromatic N) is 2. The van der Waals surface area contributed by atoms with Crippen LogP contribution in [0, 0.1) is 5.82 Å². The van der Waals surface area contributed by atoms with Crippen LogP contribution in [0.25, 0.3) is 0 Å². The van der Waals surface area contributed by atoms with Crippen molar-refractivity contribution < 1.29 is 9.13 Å². The Balaban J connectivity index is 1.90. The average molecular weight is 235 g/mol. The molecule has 5 heteroatoms. The van der Waals surface area contributed by atoms with Gasteiger partial charge < -0.3 is 15.0 Å². The summed E-state index contributed by atoms with van der Waals surface area (Å²) in [5, 5.41) is 3.21. The minimum absolute atomic E-state index is 0.0829. The van der Waals surface area contributed by atoms with Gasteiger partial charge in [-0.15, -0.1) is 0 Å². The van der Waals surface area contributed by atoms with Crippen molar-refractivity contribution in [3.8, 4) is 5.75 Å². The monoisotopic (exact) mass is 235 g/mol. The molecule has 1 N–H and O–H groups in total.